The van der Waals surface area contributed by atoms with Crippen LogP contribution < -0.4 is 0 Å². The third kappa shape index (κ3) is 2.36. The van der Waals surface area contributed by atoms with Gasteiger partial charge in [0.1, 0.15) is 5.82 Å². The Morgan fingerprint density at radius 1 is 1.35 bits per heavy atom. The summed E-state index contributed by atoms with van der Waals surface area (Å²) in [4.78, 5) is 4.71. The molecule has 0 aliphatic heterocycles. The Kier molecular flexibility index (Phi) is 3.81. The van der Waals surface area contributed by atoms with Gasteiger partial charge in [0.15, 0.2) is 0 Å². The monoisotopic (exact) mass is 304 g/mol. The number of benzene rings is 1. The standard InChI is InChI=1S/C16H17ClN2S/c1-11-4-3-5-14-16(11)18-15(9-17)19(14)12(2)8-13-6-7-20-10-13/h3-7,10,12H,8-9H2,1-2H3. The van der Waals surface area contributed by atoms with Crippen LogP contribution in [-0.2, 0) is 12.3 Å². The first kappa shape index (κ1) is 13.7. The van der Waals surface area contributed by atoms with Crippen LogP contribution >= 0.6 is 22.9 Å². The Labute approximate surface area is 128 Å². The zero-order valence-electron chi connectivity index (χ0n) is 11.6. The Balaban J connectivity index is 2.07. The molecule has 2 nitrogen and oxygen atoms in total. The molecule has 0 saturated carbocycles. The molecule has 20 heavy (non-hydrogen) atoms. The number of hydrogen-bond acceptors (Lipinski definition) is 2. The average molecular weight is 305 g/mol. The zero-order chi connectivity index (χ0) is 14.1. The molecular weight excluding hydrogens is 288 g/mol. The second-order valence-electron chi connectivity index (χ2n) is 5.16. The number of fused-ring (bicyclic) bond motifs is 1. The van der Waals surface area contributed by atoms with Crippen LogP contribution in [0.25, 0.3) is 11.0 Å². The molecule has 1 aromatic carbocycles. The molecule has 104 valence electrons. The zero-order valence-corrected chi connectivity index (χ0v) is 13.2. The van der Waals surface area contributed by atoms with Gasteiger partial charge in [-0.15, -0.1) is 11.6 Å². The van der Waals surface area contributed by atoms with Gasteiger partial charge in [0.05, 0.1) is 16.9 Å². The molecule has 1 atom stereocenters. The highest BCUT2D eigenvalue weighted by atomic mass is 35.5. The lowest BCUT2D eigenvalue weighted by Gasteiger charge is -2.16. The summed E-state index contributed by atoms with van der Waals surface area (Å²) in [5.41, 5.74) is 4.83. The Hall–Kier alpha value is -1.32. The van der Waals surface area contributed by atoms with Crippen molar-refractivity contribution in [1.29, 1.82) is 0 Å². The third-order valence-electron chi connectivity index (χ3n) is 3.67. The van der Waals surface area contributed by atoms with E-state index in [4.69, 9.17) is 16.6 Å². The normalized spacial score (nSPS) is 12.9. The van der Waals surface area contributed by atoms with Gasteiger partial charge in [-0.1, -0.05) is 12.1 Å². The van der Waals surface area contributed by atoms with E-state index in [0.29, 0.717) is 11.9 Å². The first-order chi connectivity index (χ1) is 9.70. The summed E-state index contributed by atoms with van der Waals surface area (Å²) < 4.78 is 2.28. The summed E-state index contributed by atoms with van der Waals surface area (Å²) in [6.45, 7) is 4.33. The van der Waals surface area contributed by atoms with Gasteiger partial charge in [-0.05, 0) is 54.3 Å². The van der Waals surface area contributed by atoms with Crippen LogP contribution in [0.1, 0.15) is 29.9 Å². The van der Waals surface area contributed by atoms with Gasteiger partial charge in [-0.2, -0.15) is 11.3 Å². The van der Waals surface area contributed by atoms with Gasteiger partial charge in [0.25, 0.3) is 0 Å². The highest BCUT2D eigenvalue weighted by molar-refractivity contribution is 7.07. The van der Waals surface area contributed by atoms with Crippen molar-refractivity contribution in [3.05, 3.63) is 52.0 Å². The van der Waals surface area contributed by atoms with Crippen molar-refractivity contribution in [3.63, 3.8) is 0 Å². The van der Waals surface area contributed by atoms with E-state index in [-0.39, 0.29) is 0 Å². The van der Waals surface area contributed by atoms with Crippen LogP contribution in [0.15, 0.2) is 35.0 Å². The van der Waals surface area contributed by atoms with Crippen molar-refractivity contribution >= 4 is 34.0 Å². The lowest BCUT2D eigenvalue weighted by atomic mass is 10.1. The number of aromatic nitrogens is 2. The molecule has 0 N–H and O–H groups in total. The van der Waals surface area contributed by atoms with Gasteiger partial charge in [-0.3, -0.25) is 0 Å². The SMILES string of the molecule is Cc1cccc2c1nc(CCl)n2C(C)Cc1ccsc1. The molecule has 0 spiro atoms. The number of para-hydroxylation sites is 1. The van der Waals surface area contributed by atoms with Gasteiger partial charge >= 0.3 is 0 Å². The van der Waals surface area contributed by atoms with E-state index in [1.807, 2.05) is 0 Å². The fourth-order valence-corrected chi connectivity index (χ4v) is 3.60. The summed E-state index contributed by atoms with van der Waals surface area (Å²) in [7, 11) is 0. The van der Waals surface area contributed by atoms with E-state index < -0.39 is 0 Å². The van der Waals surface area contributed by atoms with E-state index in [9.17, 15) is 0 Å². The summed E-state index contributed by atoms with van der Waals surface area (Å²) in [5.74, 6) is 1.40. The molecule has 0 bridgehead atoms. The number of rotatable bonds is 4. The van der Waals surface area contributed by atoms with Gasteiger partial charge in [-0.25, -0.2) is 4.98 Å². The maximum Gasteiger partial charge on any atom is 0.125 e. The van der Waals surface area contributed by atoms with Crippen LogP contribution in [0.2, 0.25) is 0 Å². The molecule has 0 saturated heterocycles. The number of imidazole rings is 1. The van der Waals surface area contributed by atoms with Crippen molar-refractivity contribution in [2.24, 2.45) is 0 Å². The molecule has 2 heterocycles. The van der Waals surface area contributed by atoms with Crippen LogP contribution in [-0.4, -0.2) is 9.55 Å². The highest BCUT2D eigenvalue weighted by Crippen LogP contribution is 2.27. The largest absolute Gasteiger partial charge is 0.324 e. The minimum atomic E-state index is 0.352. The molecule has 0 aliphatic carbocycles. The van der Waals surface area contributed by atoms with E-state index in [1.165, 1.54) is 16.6 Å². The predicted octanol–water partition coefficient (Wildman–Crippen LogP) is 4.95. The van der Waals surface area contributed by atoms with E-state index >= 15 is 0 Å². The Morgan fingerprint density at radius 2 is 2.20 bits per heavy atom. The molecule has 0 aliphatic rings. The maximum atomic E-state index is 6.10. The number of nitrogens with zero attached hydrogens (tertiary/aromatic N) is 2. The molecular formula is C16H17ClN2S. The highest BCUT2D eigenvalue weighted by Gasteiger charge is 2.16. The van der Waals surface area contributed by atoms with Gasteiger partial charge < -0.3 is 4.57 Å². The van der Waals surface area contributed by atoms with Crippen LogP contribution in [0.3, 0.4) is 0 Å². The van der Waals surface area contributed by atoms with Crippen LogP contribution in [0.4, 0.5) is 0 Å². The number of halogens is 1. The second-order valence-corrected chi connectivity index (χ2v) is 6.21. The van der Waals surface area contributed by atoms with Crippen LogP contribution in [0, 0.1) is 6.92 Å². The number of hydrogen-bond donors (Lipinski definition) is 0. The molecule has 4 heteroatoms. The smallest absolute Gasteiger partial charge is 0.125 e. The molecule has 0 amide bonds. The summed E-state index contributed by atoms with van der Waals surface area (Å²) in [6.07, 6.45) is 1.01. The minimum Gasteiger partial charge on any atom is -0.324 e. The van der Waals surface area contributed by atoms with Crippen molar-refractivity contribution in [2.75, 3.05) is 0 Å². The minimum absolute atomic E-state index is 0.352. The predicted molar refractivity (Wildman–Crippen MR) is 86.8 cm³/mol. The van der Waals surface area contributed by atoms with E-state index in [2.05, 4.69) is 53.4 Å². The molecule has 0 fully saturated rings. The third-order valence-corrected chi connectivity index (χ3v) is 4.64. The fraction of sp³-hybridized carbons (Fsp3) is 0.312. The summed E-state index contributed by atoms with van der Waals surface area (Å²) in [5, 5.41) is 4.34. The van der Waals surface area contributed by atoms with Crippen LogP contribution in [0.5, 0.6) is 0 Å². The fourth-order valence-electron chi connectivity index (χ4n) is 2.73. The summed E-state index contributed by atoms with van der Waals surface area (Å²) >= 11 is 7.84. The molecule has 3 rings (SSSR count). The number of alkyl halides is 1. The number of thiophene rings is 1. The average Bonchev–Trinajstić information content (AvgIpc) is 3.05. The van der Waals surface area contributed by atoms with Gasteiger partial charge in [0, 0.05) is 6.04 Å². The number of aryl methyl sites for hydroxylation is 1. The molecule has 1 unspecified atom stereocenters. The first-order valence-electron chi connectivity index (χ1n) is 6.74. The lowest BCUT2D eigenvalue weighted by Crippen LogP contribution is -2.10. The van der Waals surface area contributed by atoms with Crippen molar-refractivity contribution in [2.45, 2.75) is 32.2 Å². The summed E-state index contributed by atoms with van der Waals surface area (Å²) in [6, 6.07) is 8.86. The van der Waals surface area contributed by atoms with Crippen molar-refractivity contribution in [3.8, 4) is 0 Å². The van der Waals surface area contributed by atoms with E-state index in [0.717, 1.165) is 17.8 Å². The second kappa shape index (κ2) is 5.58. The quantitative estimate of drug-likeness (QED) is 0.624. The first-order valence-corrected chi connectivity index (χ1v) is 8.22. The topological polar surface area (TPSA) is 17.8 Å². The van der Waals surface area contributed by atoms with Crippen molar-refractivity contribution < 1.29 is 0 Å². The lowest BCUT2D eigenvalue weighted by molar-refractivity contribution is 0.544. The van der Waals surface area contributed by atoms with E-state index in [1.54, 1.807) is 11.3 Å². The Morgan fingerprint density at radius 3 is 2.90 bits per heavy atom. The van der Waals surface area contributed by atoms with Crippen molar-refractivity contribution in [1.82, 2.24) is 9.55 Å². The molecule has 2 aromatic heterocycles. The Bertz CT molecular complexity index is 715. The molecule has 0 radical (unpaired) electrons. The van der Waals surface area contributed by atoms with Gasteiger partial charge in [0.2, 0.25) is 0 Å². The maximum absolute atomic E-state index is 6.10. The molecule has 3 aromatic rings.